The third kappa shape index (κ3) is 5.56. The summed E-state index contributed by atoms with van der Waals surface area (Å²) in [5, 5.41) is 0. The lowest BCUT2D eigenvalue weighted by molar-refractivity contribution is -0.339. The number of alkyl halides is 12. The highest BCUT2D eigenvalue weighted by molar-refractivity contribution is 5.65. The first-order valence-electron chi connectivity index (χ1n) is 12.3. The van der Waals surface area contributed by atoms with Crippen LogP contribution < -0.4 is 20.9 Å². The number of ether oxygens (including phenoxy) is 2. The second-order valence-corrected chi connectivity index (χ2v) is 9.86. The van der Waals surface area contributed by atoms with Crippen molar-refractivity contribution >= 4 is 0 Å². The molecule has 44 heavy (non-hydrogen) atoms. The molecule has 0 bridgehead atoms. The van der Waals surface area contributed by atoms with Gasteiger partial charge in [0.05, 0.1) is 0 Å². The van der Waals surface area contributed by atoms with Crippen molar-refractivity contribution in [3.8, 4) is 22.6 Å². The maximum atomic E-state index is 13.8. The van der Waals surface area contributed by atoms with Crippen molar-refractivity contribution < 1.29 is 62.2 Å². The van der Waals surface area contributed by atoms with Gasteiger partial charge in [0.1, 0.15) is 23.7 Å². The number of rotatable bonds is 5. The fourth-order valence-electron chi connectivity index (χ4n) is 4.79. The van der Waals surface area contributed by atoms with Crippen LogP contribution in [0.2, 0.25) is 0 Å². The van der Waals surface area contributed by atoms with Crippen LogP contribution in [-0.2, 0) is 0 Å². The van der Waals surface area contributed by atoms with Gasteiger partial charge >= 0.3 is 24.7 Å². The summed E-state index contributed by atoms with van der Waals surface area (Å²) in [6.07, 6.45) is -26.0. The number of hydrogen-bond donors (Lipinski definition) is 2. The second-order valence-electron chi connectivity index (χ2n) is 9.86. The van der Waals surface area contributed by atoms with Crippen LogP contribution in [-0.4, -0.2) is 36.9 Å². The molecule has 0 saturated carbocycles. The van der Waals surface area contributed by atoms with Crippen LogP contribution in [0.4, 0.5) is 52.7 Å². The van der Waals surface area contributed by atoms with Gasteiger partial charge in [-0.05, 0) is 71.8 Å². The third-order valence-electron chi connectivity index (χ3n) is 7.06. The van der Waals surface area contributed by atoms with Crippen molar-refractivity contribution in [2.75, 3.05) is 0 Å². The zero-order valence-corrected chi connectivity index (χ0v) is 21.7. The summed E-state index contributed by atoms with van der Waals surface area (Å²) in [6.45, 7) is 0. The Kier molecular flexibility index (Phi) is 7.97. The van der Waals surface area contributed by atoms with Crippen LogP contribution >= 0.6 is 0 Å². The zero-order chi connectivity index (χ0) is 32.9. The lowest BCUT2D eigenvalue weighted by Gasteiger charge is -2.41. The highest BCUT2D eigenvalue weighted by Crippen LogP contribution is 2.57. The Labute approximate surface area is 240 Å². The predicted molar refractivity (Wildman–Crippen MR) is 133 cm³/mol. The minimum absolute atomic E-state index is 0.155. The molecule has 0 spiro atoms. The molecule has 4 N–H and O–H groups in total. The molecule has 2 aromatic rings. The summed E-state index contributed by atoms with van der Waals surface area (Å²) in [5.74, 6) is -0.746. The molecule has 4 rings (SSSR count). The number of halogens is 12. The van der Waals surface area contributed by atoms with Crippen molar-refractivity contribution in [3.05, 3.63) is 96.4 Å². The summed E-state index contributed by atoms with van der Waals surface area (Å²) in [6, 6.07) is 9.38. The van der Waals surface area contributed by atoms with Crippen LogP contribution in [0.1, 0.15) is 0 Å². The summed E-state index contributed by atoms with van der Waals surface area (Å²) in [7, 11) is 0. The van der Waals surface area contributed by atoms with E-state index >= 15 is 0 Å². The van der Waals surface area contributed by atoms with E-state index in [4.69, 9.17) is 20.9 Å². The number of nitrogens with two attached hydrogens (primary N) is 2. The Balaban J connectivity index is 1.56. The molecule has 0 heterocycles. The van der Waals surface area contributed by atoms with Gasteiger partial charge in [-0.1, -0.05) is 24.3 Å². The van der Waals surface area contributed by atoms with Crippen LogP contribution in [0.15, 0.2) is 96.4 Å². The van der Waals surface area contributed by atoms with Crippen molar-refractivity contribution in [1.29, 1.82) is 0 Å². The second kappa shape index (κ2) is 10.7. The molecule has 0 radical (unpaired) electrons. The van der Waals surface area contributed by atoms with Gasteiger partial charge in [-0.2, -0.15) is 52.7 Å². The van der Waals surface area contributed by atoms with Gasteiger partial charge in [-0.15, -0.1) is 0 Å². The number of allylic oxidation sites excluding steroid dienone is 2. The van der Waals surface area contributed by atoms with E-state index in [0.29, 0.717) is 23.3 Å². The molecule has 238 valence electrons. The molecule has 0 amide bonds. The van der Waals surface area contributed by atoms with Crippen molar-refractivity contribution in [3.63, 3.8) is 0 Å². The monoisotopic (exact) mass is 644 g/mol. The topological polar surface area (TPSA) is 70.5 Å². The van der Waals surface area contributed by atoms with Gasteiger partial charge in [0.2, 0.25) is 10.8 Å². The minimum Gasteiger partial charge on any atom is -0.485 e. The van der Waals surface area contributed by atoms with Crippen LogP contribution in [0.25, 0.3) is 11.1 Å². The molecule has 0 fully saturated rings. The first-order valence-corrected chi connectivity index (χ1v) is 12.3. The van der Waals surface area contributed by atoms with E-state index in [1.807, 2.05) is 0 Å². The van der Waals surface area contributed by atoms with Gasteiger partial charge < -0.3 is 20.9 Å². The van der Waals surface area contributed by atoms with Gasteiger partial charge in [-0.25, -0.2) is 0 Å². The third-order valence-corrected chi connectivity index (χ3v) is 7.06. The van der Waals surface area contributed by atoms with Crippen LogP contribution in [0, 0.1) is 10.8 Å². The first kappa shape index (κ1) is 32.7. The molecule has 0 aliphatic heterocycles. The predicted octanol–water partition coefficient (Wildman–Crippen LogP) is 7.90. The molecular weight excluding hydrogens is 624 g/mol. The minimum atomic E-state index is -5.83. The molecule has 2 atom stereocenters. The largest absolute Gasteiger partial charge is 0.485 e. The SMILES string of the molecule is NC1=CC(C(F)(F)F)(C(F)(F)F)C(Oc2ccc(-c3ccc(OC4C=CC(N)=CC4(C(F)(F)F)C(F)(F)F)cc3)cc2)C=C1. The average molecular weight is 644 g/mol. The molecule has 4 nitrogen and oxygen atoms in total. The summed E-state index contributed by atoms with van der Waals surface area (Å²) in [4.78, 5) is 0. The highest BCUT2D eigenvalue weighted by atomic mass is 19.4. The number of benzene rings is 2. The van der Waals surface area contributed by atoms with Gasteiger partial charge in [-0.3, -0.25) is 0 Å². The van der Waals surface area contributed by atoms with Gasteiger partial charge in [0.15, 0.2) is 0 Å². The fourth-order valence-corrected chi connectivity index (χ4v) is 4.79. The highest BCUT2D eigenvalue weighted by Gasteiger charge is 2.75. The van der Waals surface area contributed by atoms with E-state index in [0.717, 1.165) is 36.4 Å². The van der Waals surface area contributed by atoms with E-state index in [1.54, 1.807) is 0 Å². The smallest absolute Gasteiger partial charge is 0.410 e. The zero-order valence-electron chi connectivity index (χ0n) is 21.7. The van der Waals surface area contributed by atoms with Crippen molar-refractivity contribution in [2.24, 2.45) is 22.3 Å². The standard InChI is InChI=1S/C28H20F12N2O2/c29-25(30,31)23(26(32,33)34)13-17(41)5-11-21(23)43-19-7-1-15(2-8-19)16-3-9-20(10-4-16)44-22-12-6-18(42)14-24(22,27(35,36)37)28(38,39)40/h1-14,21-22H,41-42H2. The van der Waals surface area contributed by atoms with E-state index in [-0.39, 0.29) is 23.7 Å². The molecule has 0 saturated heterocycles. The quantitative estimate of drug-likeness (QED) is 0.325. The Morgan fingerprint density at radius 2 is 0.750 bits per heavy atom. The Morgan fingerprint density at radius 3 is 1.00 bits per heavy atom. The van der Waals surface area contributed by atoms with Crippen molar-refractivity contribution in [1.82, 2.24) is 0 Å². The Bertz CT molecular complexity index is 1340. The average Bonchev–Trinajstić information content (AvgIpc) is 2.89. The van der Waals surface area contributed by atoms with Gasteiger partial charge in [0.25, 0.3) is 0 Å². The summed E-state index contributed by atoms with van der Waals surface area (Å²) < 4.78 is 176. The molecular formula is C28H20F12N2O2. The van der Waals surface area contributed by atoms with E-state index in [9.17, 15) is 52.7 Å². The molecule has 2 aliphatic rings. The van der Waals surface area contributed by atoms with E-state index in [1.165, 1.54) is 24.3 Å². The lowest BCUT2D eigenvalue weighted by atomic mass is 9.76. The molecule has 2 unspecified atom stereocenters. The Hall–Kier alpha value is -4.24. The maximum absolute atomic E-state index is 13.8. The maximum Gasteiger partial charge on any atom is 0.410 e. The summed E-state index contributed by atoms with van der Waals surface area (Å²) in [5.41, 5.74) is 0.777. The fraction of sp³-hybridized carbons (Fsp3) is 0.286. The molecule has 2 aliphatic carbocycles. The van der Waals surface area contributed by atoms with Crippen LogP contribution in [0.3, 0.4) is 0 Å². The van der Waals surface area contributed by atoms with E-state index < -0.39 is 59.1 Å². The molecule has 2 aromatic carbocycles. The summed E-state index contributed by atoms with van der Waals surface area (Å²) >= 11 is 0. The normalized spacial score (nSPS) is 21.8. The van der Waals surface area contributed by atoms with Crippen LogP contribution in [0.5, 0.6) is 11.5 Å². The molecule has 0 aromatic heterocycles. The van der Waals surface area contributed by atoms with Gasteiger partial charge in [0, 0.05) is 11.4 Å². The van der Waals surface area contributed by atoms with Crippen molar-refractivity contribution in [2.45, 2.75) is 36.9 Å². The first-order chi connectivity index (χ1) is 20.1. The number of hydrogen-bond acceptors (Lipinski definition) is 4. The molecule has 16 heteroatoms. The lowest BCUT2D eigenvalue weighted by Crippen LogP contribution is -2.58. The Morgan fingerprint density at radius 1 is 0.477 bits per heavy atom. The van der Waals surface area contributed by atoms with E-state index in [2.05, 4.69) is 0 Å².